The highest BCUT2D eigenvalue weighted by Crippen LogP contribution is 2.28. The quantitative estimate of drug-likeness (QED) is 0.853. The highest BCUT2D eigenvalue weighted by atomic mass is 16.5. The zero-order valence-corrected chi connectivity index (χ0v) is 11.2. The molecule has 20 heavy (non-hydrogen) atoms. The van der Waals surface area contributed by atoms with Crippen molar-refractivity contribution < 1.29 is 13.9 Å². The number of ether oxygens (including phenoxy) is 1. The topological polar surface area (TPSA) is 101 Å². The molecular formula is C13H12N4O3. The second-order valence-electron chi connectivity index (χ2n) is 4.01. The molecule has 7 nitrogen and oxygen atoms in total. The zero-order chi connectivity index (χ0) is 14.7. The molecule has 0 bridgehead atoms. The monoisotopic (exact) mass is 272 g/mol. The number of nitrogens with zero attached hydrogens (tertiary/aromatic N) is 3. The Kier molecular flexibility index (Phi) is 3.66. The van der Waals surface area contributed by atoms with Gasteiger partial charge >= 0.3 is 5.97 Å². The first-order valence-corrected chi connectivity index (χ1v) is 5.74. The third kappa shape index (κ3) is 2.44. The Bertz CT molecular complexity index is 700. The Morgan fingerprint density at radius 2 is 2.20 bits per heavy atom. The molecule has 0 saturated heterocycles. The number of hydrogen-bond donors (Lipinski definition) is 1. The van der Waals surface area contributed by atoms with Crippen LogP contribution in [0.3, 0.4) is 0 Å². The molecule has 0 saturated carbocycles. The van der Waals surface area contributed by atoms with Crippen LogP contribution in [0.1, 0.15) is 27.4 Å². The number of carbonyl (C=O) groups is 1. The fourth-order valence-electron chi connectivity index (χ4n) is 1.73. The number of aromatic nitrogens is 2. The van der Waals surface area contributed by atoms with E-state index in [-0.39, 0.29) is 17.0 Å². The molecular weight excluding hydrogens is 260 g/mol. The minimum Gasteiger partial charge on any atom is -0.465 e. The molecule has 0 atom stereocenters. The number of rotatable bonds is 3. The van der Waals surface area contributed by atoms with E-state index in [4.69, 9.17) is 4.42 Å². The Hall–Kier alpha value is -2.88. The van der Waals surface area contributed by atoms with E-state index in [1.54, 1.807) is 13.0 Å². The van der Waals surface area contributed by atoms with E-state index in [9.17, 15) is 10.1 Å². The van der Waals surface area contributed by atoms with Gasteiger partial charge in [-0.05, 0) is 13.8 Å². The van der Waals surface area contributed by atoms with Crippen molar-refractivity contribution in [3.8, 4) is 6.07 Å². The summed E-state index contributed by atoms with van der Waals surface area (Å²) >= 11 is 0. The van der Waals surface area contributed by atoms with Crippen LogP contribution < -0.4 is 5.32 Å². The molecule has 0 fully saturated rings. The van der Waals surface area contributed by atoms with E-state index in [1.165, 1.54) is 13.4 Å². The smallest absolute Gasteiger partial charge is 0.342 e. The molecule has 0 aromatic carbocycles. The Balaban J connectivity index is 2.43. The van der Waals surface area contributed by atoms with Gasteiger partial charge in [0.05, 0.1) is 7.11 Å². The summed E-state index contributed by atoms with van der Waals surface area (Å²) < 4.78 is 10.0. The average molecular weight is 272 g/mol. The predicted octanol–water partition coefficient (Wildman–Crippen LogP) is 2.09. The normalized spacial score (nSPS) is 9.90. The van der Waals surface area contributed by atoms with Crippen LogP contribution in [0.4, 0.5) is 11.7 Å². The van der Waals surface area contributed by atoms with Crippen molar-refractivity contribution >= 4 is 17.7 Å². The van der Waals surface area contributed by atoms with Crippen molar-refractivity contribution in [2.45, 2.75) is 13.8 Å². The molecule has 2 heterocycles. The Labute approximate surface area is 115 Å². The van der Waals surface area contributed by atoms with Crippen molar-refractivity contribution in [2.75, 3.05) is 12.4 Å². The van der Waals surface area contributed by atoms with Gasteiger partial charge in [-0.1, -0.05) is 0 Å². The molecule has 0 radical (unpaired) electrons. The van der Waals surface area contributed by atoms with Crippen molar-refractivity contribution in [1.29, 1.82) is 5.26 Å². The molecule has 2 aromatic heterocycles. The molecule has 0 aliphatic heterocycles. The van der Waals surface area contributed by atoms with Crippen LogP contribution in [0.5, 0.6) is 0 Å². The maximum absolute atomic E-state index is 11.6. The summed E-state index contributed by atoms with van der Waals surface area (Å²) in [4.78, 5) is 19.6. The van der Waals surface area contributed by atoms with Crippen LogP contribution >= 0.6 is 0 Å². The number of aryl methyl sites for hydroxylation is 2. The number of methoxy groups -OCH3 is 1. The first-order chi connectivity index (χ1) is 9.56. The van der Waals surface area contributed by atoms with Gasteiger partial charge in [0.2, 0.25) is 5.88 Å². The largest absolute Gasteiger partial charge is 0.465 e. The molecule has 0 aliphatic carbocycles. The maximum Gasteiger partial charge on any atom is 0.342 e. The van der Waals surface area contributed by atoms with Gasteiger partial charge in [0.25, 0.3) is 0 Å². The summed E-state index contributed by atoms with van der Waals surface area (Å²) in [6.07, 6.45) is 1.39. The molecule has 0 unspecified atom stereocenters. The van der Waals surface area contributed by atoms with Crippen molar-refractivity contribution in [2.24, 2.45) is 0 Å². The summed E-state index contributed by atoms with van der Waals surface area (Å²) in [5.74, 6) is 0.319. The van der Waals surface area contributed by atoms with E-state index >= 15 is 0 Å². The van der Waals surface area contributed by atoms with Gasteiger partial charge in [-0.15, -0.1) is 0 Å². The van der Waals surface area contributed by atoms with Crippen molar-refractivity contribution in [3.63, 3.8) is 0 Å². The first-order valence-electron chi connectivity index (χ1n) is 5.74. The van der Waals surface area contributed by atoms with E-state index in [2.05, 4.69) is 20.0 Å². The SMILES string of the molecule is COC(=O)c1c(C)oc(Nc2cc(C)ncn2)c1C#N. The fraction of sp³-hybridized carbons (Fsp3) is 0.231. The van der Waals surface area contributed by atoms with Gasteiger partial charge in [0, 0.05) is 11.8 Å². The summed E-state index contributed by atoms with van der Waals surface area (Å²) in [7, 11) is 1.25. The molecule has 1 N–H and O–H groups in total. The number of nitriles is 1. The van der Waals surface area contributed by atoms with E-state index in [0.29, 0.717) is 11.6 Å². The standard InChI is InChI=1S/C13H12N4O3/c1-7-4-10(16-6-15-7)17-12-9(5-14)11(8(2)20-12)13(18)19-3/h4,6H,1-3H3,(H,15,16,17). The van der Waals surface area contributed by atoms with Gasteiger partial charge < -0.3 is 14.5 Å². The highest BCUT2D eigenvalue weighted by molar-refractivity contribution is 5.95. The average Bonchev–Trinajstić information content (AvgIpc) is 2.73. The first kappa shape index (κ1) is 13.5. The highest BCUT2D eigenvalue weighted by Gasteiger charge is 2.24. The second-order valence-corrected chi connectivity index (χ2v) is 4.01. The number of carbonyl (C=O) groups excluding carboxylic acids is 1. The third-order valence-electron chi connectivity index (χ3n) is 2.63. The molecule has 102 valence electrons. The summed E-state index contributed by atoms with van der Waals surface area (Å²) in [6.45, 7) is 3.40. The van der Waals surface area contributed by atoms with Crippen LogP contribution in [-0.2, 0) is 4.74 Å². The van der Waals surface area contributed by atoms with Gasteiger partial charge in [-0.25, -0.2) is 14.8 Å². The molecule has 0 amide bonds. The summed E-state index contributed by atoms with van der Waals surface area (Å²) in [5.41, 5.74) is 0.964. The maximum atomic E-state index is 11.6. The lowest BCUT2D eigenvalue weighted by molar-refractivity contribution is 0.0598. The molecule has 2 rings (SSSR count). The van der Waals surface area contributed by atoms with E-state index in [1.807, 2.05) is 13.0 Å². The third-order valence-corrected chi connectivity index (χ3v) is 2.63. The lowest BCUT2D eigenvalue weighted by Crippen LogP contribution is -2.04. The van der Waals surface area contributed by atoms with Gasteiger partial charge in [0.1, 0.15) is 35.1 Å². The zero-order valence-electron chi connectivity index (χ0n) is 11.2. The van der Waals surface area contributed by atoms with Crippen LogP contribution in [-0.4, -0.2) is 23.0 Å². The number of nitrogens with one attached hydrogen (secondary N) is 1. The van der Waals surface area contributed by atoms with E-state index in [0.717, 1.165) is 5.69 Å². The minimum absolute atomic E-state index is 0.0885. The Morgan fingerprint density at radius 3 is 2.80 bits per heavy atom. The van der Waals surface area contributed by atoms with Gasteiger partial charge in [-0.3, -0.25) is 0 Å². The lowest BCUT2D eigenvalue weighted by atomic mass is 10.1. The van der Waals surface area contributed by atoms with Crippen molar-refractivity contribution in [1.82, 2.24) is 9.97 Å². The second kappa shape index (κ2) is 5.40. The van der Waals surface area contributed by atoms with Gasteiger partial charge in [-0.2, -0.15) is 5.26 Å². The number of furan rings is 1. The van der Waals surface area contributed by atoms with Crippen LogP contribution in [0.25, 0.3) is 0 Å². The van der Waals surface area contributed by atoms with Crippen molar-refractivity contribution in [3.05, 3.63) is 35.0 Å². The molecule has 7 heteroatoms. The molecule has 0 spiro atoms. The van der Waals surface area contributed by atoms with Crippen LogP contribution in [0.15, 0.2) is 16.8 Å². The number of anilines is 2. The Morgan fingerprint density at radius 1 is 1.45 bits per heavy atom. The summed E-state index contributed by atoms with van der Waals surface area (Å²) in [6, 6.07) is 3.63. The fourth-order valence-corrected chi connectivity index (χ4v) is 1.73. The molecule has 0 aliphatic rings. The van der Waals surface area contributed by atoms with Gasteiger partial charge in [0.15, 0.2) is 0 Å². The molecule has 2 aromatic rings. The van der Waals surface area contributed by atoms with E-state index < -0.39 is 5.97 Å². The number of esters is 1. The number of hydrogen-bond acceptors (Lipinski definition) is 7. The predicted molar refractivity (Wildman–Crippen MR) is 69.6 cm³/mol. The lowest BCUT2D eigenvalue weighted by Gasteiger charge is -2.02. The summed E-state index contributed by atoms with van der Waals surface area (Å²) in [5, 5.41) is 12.1. The van der Waals surface area contributed by atoms with Crippen LogP contribution in [0, 0.1) is 25.2 Å². The minimum atomic E-state index is -0.616. The van der Waals surface area contributed by atoms with Crippen LogP contribution in [0.2, 0.25) is 0 Å².